The summed E-state index contributed by atoms with van der Waals surface area (Å²) >= 11 is 10.2. The summed E-state index contributed by atoms with van der Waals surface area (Å²) in [6, 6.07) is 2.99. The van der Waals surface area contributed by atoms with Crippen LogP contribution in [0.5, 0.6) is 0 Å². The first kappa shape index (κ1) is 13.6. The smallest absolute Gasteiger partial charge is 0.172 e. The van der Waals surface area contributed by atoms with Crippen LogP contribution >= 0.6 is 38.9 Å². The molecule has 1 heterocycles. The van der Waals surface area contributed by atoms with Gasteiger partial charge in [-0.15, -0.1) is 11.3 Å². The SMILES string of the molecule is Cc1csc(CC(=O)c2ccc(Br)c(Cl)c2F)n1. The van der Waals surface area contributed by atoms with E-state index in [4.69, 9.17) is 11.6 Å². The fourth-order valence-corrected chi connectivity index (χ4v) is 2.70. The van der Waals surface area contributed by atoms with Gasteiger partial charge in [-0.25, -0.2) is 9.37 Å². The Kier molecular flexibility index (Phi) is 4.14. The Bertz CT molecular complexity index is 614. The van der Waals surface area contributed by atoms with Crippen LogP contribution in [0.15, 0.2) is 22.0 Å². The minimum atomic E-state index is -0.690. The molecule has 0 fully saturated rings. The molecule has 0 saturated heterocycles. The lowest BCUT2D eigenvalue weighted by Gasteiger charge is -2.04. The number of aromatic nitrogens is 1. The third-order valence-corrected chi connectivity index (χ3v) is 4.54. The van der Waals surface area contributed by atoms with E-state index in [2.05, 4.69) is 20.9 Å². The van der Waals surface area contributed by atoms with Crippen molar-refractivity contribution < 1.29 is 9.18 Å². The number of nitrogens with zero attached hydrogens (tertiary/aromatic N) is 1. The van der Waals surface area contributed by atoms with E-state index in [0.29, 0.717) is 9.48 Å². The van der Waals surface area contributed by atoms with E-state index in [1.165, 1.54) is 17.4 Å². The lowest BCUT2D eigenvalue weighted by Crippen LogP contribution is -2.06. The number of Topliss-reactive ketones (excluding diaryl/α,β-unsaturated/α-hetero) is 1. The number of carbonyl (C=O) groups is 1. The summed E-state index contributed by atoms with van der Waals surface area (Å²) < 4.78 is 14.3. The van der Waals surface area contributed by atoms with Gasteiger partial charge < -0.3 is 0 Å². The van der Waals surface area contributed by atoms with E-state index in [1.807, 2.05) is 12.3 Å². The molecule has 0 spiro atoms. The van der Waals surface area contributed by atoms with Crippen molar-refractivity contribution in [3.8, 4) is 0 Å². The van der Waals surface area contributed by atoms with Crippen LogP contribution in [0.1, 0.15) is 21.1 Å². The van der Waals surface area contributed by atoms with Crippen molar-refractivity contribution in [2.75, 3.05) is 0 Å². The van der Waals surface area contributed by atoms with Crippen molar-refractivity contribution >= 4 is 44.7 Å². The molecule has 0 N–H and O–H groups in total. The first-order chi connectivity index (χ1) is 8.49. The minimum absolute atomic E-state index is 0.00365. The molecular formula is C12H8BrClFNOS. The normalized spacial score (nSPS) is 10.7. The quantitative estimate of drug-likeness (QED) is 0.606. The second kappa shape index (κ2) is 5.47. The van der Waals surface area contributed by atoms with E-state index in [1.54, 1.807) is 6.07 Å². The number of halogens is 3. The first-order valence-electron chi connectivity index (χ1n) is 5.06. The predicted octanol–water partition coefficient (Wildman–Crippen LogP) is 4.43. The van der Waals surface area contributed by atoms with Crippen molar-refractivity contribution in [3.63, 3.8) is 0 Å². The molecule has 18 heavy (non-hydrogen) atoms. The number of carbonyl (C=O) groups excluding carboxylic acids is 1. The number of thiazole rings is 1. The molecule has 2 nitrogen and oxygen atoms in total. The number of aryl methyl sites for hydroxylation is 1. The molecule has 0 aliphatic heterocycles. The molecule has 1 aromatic carbocycles. The Morgan fingerprint density at radius 3 is 2.89 bits per heavy atom. The van der Waals surface area contributed by atoms with Gasteiger partial charge >= 0.3 is 0 Å². The van der Waals surface area contributed by atoms with E-state index >= 15 is 0 Å². The molecule has 0 radical (unpaired) electrons. The highest BCUT2D eigenvalue weighted by atomic mass is 79.9. The number of benzene rings is 1. The van der Waals surface area contributed by atoms with Gasteiger partial charge in [0.05, 0.1) is 17.0 Å². The van der Waals surface area contributed by atoms with Gasteiger partial charge in [0.2, 0.25) is 0 Å². The zero-order valence-electron chi connectivity index (χ0n) is 9.34. The zero-order valence-corrected chi connectivity index (χ0v) is 12.5. The van der Waals surface area contributed by atoms with Gasteiger partial charge in [0.15, 0.2) is 11.6 Å². The van der Waals surface area contributed by atoms with E-state index in [9.17, 15) is 9.18 Å². The van der Waals surface area contributed by atoms with Crippen LogP contribution in [-0.4, -0.2) is 10.8 Å². The highest BCUT2D eigenvalue weighted by molar-refractivity contribution is 9.10. The molecule has 0 aliphatic rings. The van der Waals surface area contributed by atoms with Gasteiger partial charge in [-0.2, -0.15) is 0 Å². The Labute approximate surface area is 121 Å². The highest BCUT2D eigenvalue weighted by Gasteiger charge is 2.17. The van der Waals surface area contributed by atoms with E-state index < -0.39 is 5.82 Å². The average Bonchev–Trinajstić information content (AvgIpc) is 2.71. The van der Waals surface area contributed by atoms with E-state index in [0.717, 1.165) is 5.69 Å². The molecule has 0 amide bonds. The molecule has 1 aromatic heterocycles. The molecule has 0 aliphatic carbocycles. The van der Waals surface area contributed by atoms with Gasteiger partial charge in [-0.3, -0.25) is 4.79 Å². The van der Waals surface area contributed by atoms with Gasteiger partial charge in [0.1, 0.15) is 5.01 Å². The summed E-state index contributed by atoms with van der Waals surface area (Å²) in [6.45, 7) is 1.85. The Hall–Kier alpha value is -0.780. The topological polar surface area (TPSA) is 30.0 Å². The van der Waals surface area contributed by atoms with Gasteiger partial charge in [-0.1, -0.05) is 11.6 Å². The average molecular weight is 349 g/mol. The number of ketones is 1. The van der Waals surface area contributed by atoms with Crippen LogP contribution in [0.2, 0.25) is 5.02 Å². The third kappa shape index (κ3) is 2.79. The molecule has 0 saturated carbocycles. The maximum absolute atomic E-state index is 13.8. The van der Waals surface area contributed by atoms with Crippen LogP contribution in [-0.2, 0) is 6.42 Å². The second-order valence-electron chi connectivity index (χ2n) is 3.71. The second-order valence-corrected chi connectivity index (χ2v) is 5.88. The van der Waals surface area contributed by atoms with Crippen LogP contribution in [0.3, 0.4) is 0 Å². The summed E-state index contributed by atoms with van der Waals surface area (Å²) in [7, 11) is 0. The lowest BCUT2D eigenvalue weighted by molar-refractivity contribution is 0.0989. The monoisotopic (exact) mass is 347 g/mol. The fourth-order valence-electron chi connectivity index (χ4n) is 1.46. The van der Waals surface area contributed by atoms with Crippen LogP contribution in [0.25, 0.3) is 0 Å². The third-order valence-electron chi connectivity index (χ3n) is 2.31. The minimum Gasteiger partial charge on any atom is -0.294 e. The molecule has 0 unspecified atom stereocenters. The van der Waals surface area contributed by atoms with Crippen molar-refractivity contribution in [1.29, 1.82) is 0 Å². The molecule has 6 heteroatoms. The Morgan fingerprint density at radius 2 is 2.28 bits per heavy atom. The summed E-state index contributed by atoms with van der Waals surface area (Å²) in [5.41, 5.74) is 0.855. The number of hydrogen-bond donors (Lipinski definition) is 0. The van der Waals surface area contributed by atoms with Crippen molar-refractivity contribution in [1.82, 2.24) is 4.98 Å². The van der Waals surface area contributed by atoms with Gasteiger partial charge in [0.25, 0.3) is 0 Å². The van der Waals surface area contributed by atoms with Crippen molar-refractivity contribution in [2.45, 2.75) is 13.3 Å². The molecule has 0 bridgehead atoms. The standard InChI is InChI=1S/C12H8BrClFNOS/c1-6-5-18-10(16-6)4-9(17)7-2-3-8(13)11(14)12(7)15/h2-3,5H,4H2,1H3. The Morgan fingerprint density at radius 1 is 1.56 bits per heavy atom. The lowest BCUT2D eigenvalue weighted by atomic mass is 10.1. The number of hydrogen-bond acceptors (Lipinski definition) is 3. The fraction of sp³-hybridized carbons (Fsp3) is 0.167. The first-order valence-corrected chi connectivity index (χ1v) is 7.12. The van der Waals surface area contributed by atoms with Crippen LogP contribution in [0.4, 0.5) is 4.39 Å². The molecule has 94 valence electrons. The predicted molar refractivity (Wildman–Crippen MR) is 74.0 cm³/mol. The summed E-state index contributed by atoms with van der Waals surface area (Å²) in [5.74, 6) is -1.01. The zero-order chi connectivity index (χ0) is 13.3. The van der Waals surface area contributed by atoms with E-state index in [-0.39, 0.29) is 22.8 Å². The van der Waals surface area contributed by atoms with Crippen molar-refractivity contribution in [3.05, 3.63) is 49.1 Å². The Balaban J connectivity index is 2.27. The highest BCUT2D eigenvalue weighted by Crippen LogP contribution is 2.28. The maximum atomic E-state index is 13.8. The van der Waals surface area contributed by atoms with Crippen LogP contribution in [0, 0.1) is 12.7 Å². The van der Waals surface area contributed by atoms with Crippen LogP contribution < -0.4 is 0 Å². The number of rotatable bonds is 3. The molecule has 2 rings (SSSR count). The van der Waals surface area contributed by atoms with Gasteiger partial charge in [-0.05, 0) is 35.0 Å². The molecule has 0 atom stereocenters. The molecular weight excluding hydrogens is 341 g/mol. The van der Waals surface area contributed by atoms with Gasteiger partial charge in [0, 0.05) is 15.5 Å². The van der Waals surface area contributed by atoms with Crippen molar-refractivity contribution in [2.24, 2.45) is 0 Å². The summed E-state index contributed by atoms with van der Waals surface area (Å²) in [4.78, 5) is 16.1. The summed E-state index contributed by atoms with van der Waals surface area (Å²) in [5, 5.41) is 2.46. The largest absolute Gasteiger partial charge is 0.294 e. The maximum Gasteiger partial charge on any atom is 0.172 e. The molecule has 2 aromatic rings. The summed E-state index contributed by atoms with van der Waals surface area (Å²) in [6.07, 6.45) is 0.0907.